The molecule has 0 spiro atoms. The maximum absolute atomic E-state index is 12.9. The molecule has 0 aliphatic carbocycles. The maximum atomic E-state index is 12.9. The van der Waals surface area contributed by atoms with Crippen LogP contribution in [-0.4, -0.2) is 44.1 Å². The average molecular weight is 533 g/mol. The van der Waals surface area contributed by atoms with E-state index >= 15 is 0 Å². The number of anilines is 1. The molecule has 4 aromatic rings. The van der Waals surface area contributed by atoms with Crippen molar-refractivity contribution in [3.63, 3.8) is 0 Å². The Bertz CT molecular complexity index is 1400. The monoisotopic (exact) mass is 532 g/mol. The molecular formula is C27H25ClN6O2S. The molecule has 188 valence electrons. The Kier molecular flexibility index (Phi) is 7.34. The fourth-order valence-electron chi connectivity index (χ4n) is 4.50. The van der Waals surface area contributed by atoms with E-state index in [2.05, 4.69) is 20.6 Å². The summed E-state index contributed by atoms with van der Waals surface area (Å²) in [6, 6.07) is 20.4. The molecule has 10 heteroatoms. The van der Waals surface area contributed by atoms with Crippen molar-refractivity contribution in [3.8, 4) is 11.6 Å². The molecule has 0 radical (unpaired) electrons. The van der Waals surface area contributed by atoms with E-state index in [1.54, 1.807) is 25.6 Å². The number of hydrogen-bond acceptors (Lipinski definition) is 5. The molecule has 0 bridgehead atoms. The maximum Gasteiger partial charge on any atom is 0.226 e. The third-order valence-electron chi connectivity index (χ3n) is 6.20. The Balaban J connectivity index is 1.43. The molecule has 2 N–H and O–H groups in total. The van der Waals surface area contributed by atoms with Crippen molar-refractivity contribution < 1.29 is 9.53 Å². The zero-order valence-corrected chi connectivity index (χ0v) is 21.6. The summed E-state index contributed by atoms with van der Waals surface area (Å²) in [7, 11) is 1.58. The highest BCUT2D eigenvalue weighted by Crippen LogP contribution is 2.39. The second kappa shape index (κ2) is 11.0. The SMILES string of the molecule is COc1ccccc1NC(=O)CCN1C(=S)NC(c2ccccn2)C1c1cccn1-c1ccc(Cl)cn1. The predicted octanol–water partition coefficient (Wildman–Crippen LogP) is 4.93. The molecule has 3 aromatic heterocycles. The Labute approximate surface area is 225 Å². The molecule has 8 nitrogen and oxygen atoms in total. The summed E-state index contributed by atoms with van der Waals surface area (Å²) in [5.41, 5.74) is 2.44. The molecule has 1 aromatic carbocycles. The van der Waals surface area contributed by atoms with Crippen LogP contribution in [0, 0.1) is 0 Å². The quantitative estimate of drug-likeness (QED) is 0.311. The van der Waals surface area contributed by atoms with Gasteiger partial charge in [0, 0.05) is 37.3 Å². The van der Waals surface area contributed by atoms with Gasteiger partial charge in [-0.3, -0.25) is 9.78 Å². The van der Waals surface area contributed by atoms with Crippen molar-refractivity contribution >= 4 is 40.5 Å². The van der Waals surface area contributed by atoms with Crippen LogP contribution in [0.1, 0.15) is 29.9 Å². The van der Waals surface area contributed by atoms with Gasteiger partial charge in [0.15, 0.2) is 5.11 Å². The standard InChI is InChI=1S/C27H25ClN6O2S/c1-36-22-10-3-2-7-19(22)31-24(35)13-16-34-26(25(32-27(34)37)20-8-4-5-14-29-20)21-9-6-15-33(21)23-12-11-18(28)17-30-23/h2-12,14-15,17,25-26H,13,16H2,1H3,(H,31,35)(H,32,37). The van der Waals surface area contributed by atoms with E-state index in [9.17, 15) is 4.79 Å². The van der Waals surface area contributed by atoms with Gasteiger partial charge in [-0.2, -0.15) is 0 Å². The van der Waals surface area contributed by atoms with Crippen molar-refractivity contribution in [1.82, 2.24) is 24.8 Å². The van der Waals surface area contributed by atoms with Gasteiger partial charge in [0.2, 0.25) is 5.91 Å². The molecule has 1 saturated heterocycles. The highest BCUT2D eigenvalue weighted by Gasteiger charge is 2.41. The first-order chi connectivity index (χ1) is 18.0. The summed E-state index contributed by atoms with van der Waals surface area (Å²) in [5.74, 6) is 1.20. The molecule has 1 aliphatic rings. The highest BCUT2D eigenvalue weighted by atomic mass is 35.5. The van der Waals surface area contributed by atoms with Gasteiger partial charge in [-0.05, 0) is 60.7 Å². The Morgan fingerprint density at radius 1 is 1.11 bits per heavy atom. The van der Waals surface area contributed by atoms with Crippen LogP contribution in [0.15, 0.2) is 85.3 Å². The first kappa shape index (κ1) is 24.7. The lowest BCUT2D eigenvalue weighted by atomic mass is 10.0. The fourth-order valence-corrected chi connectivity index (χ4v) is 4.95. The number of thiocarbonyl (C=S) groups is 1. The van der Waals surface area contributed by atoms with Crippen LogP contribution in [-0.2, 0) is 4.79 Å². The summed E-state index contributed by atoms with van der Waals surface area (Å²) in [5, 5.41) is 7.49. The number of methoxy groups -OCH3 is 1. The van der Waals surface area contributed by atoms with Crippen molar-refractivity contribution in [2.45, 2.75) is 18.5 Å². The smallest absolute Gasteiger partial charge is 0.226 e. The molecule has 2 atom stereocenters. The Morgan fingerprint density at radius 3 is 2.70 bits per heavy atom. The van der Waals surface area contributed by atoms with Gasteiger partial charge < -0.3 is 24.8 Å². The molecule has 2 unspecified atom stereocenters. The van der Waals surface area contributed by atoms with Crippen molar-refractivity contribution in [2.24, 2.45) is 0 Å². The second-order valence-corrected chi connectivity index (χ2v) is 9.28. The number of nitrogens with one attached hydrogen (secondary N) is 2. The van der Waals surface area contributed by atoms with E-state index in [-0.39, 0.29) is 24.4 Å². The van der Waals surface area contributed by atoms with E-state index in [1.807, 2.05) is 76.3 Å². The van der Waals surface area contributed by atoms with Crippen LogP contribution in [0.2, 0.25) is 5.02 Å². The minimum absolute atomic E-state index is 0.137. The lowest BCUT2D eigenvalue weighted by Gasteiger charge is -2.28. The van der Waals surface area contributed by atoms with E-state index < -0.39 is 0 Å². The largest absolute Gasteiger partial charge is 0.495 e. The number of rotatable bonds is 8. The number of para-hydroxylation sites is 2. The number of ether oxygens (including phenoxy) is 1. The molecular weight excluding hydrogens is 508 g/mol. The Hall–Kier alpha value is -3.95. The highest BCUT2D eigenvalue weighted by molar-refractivity contribution is 7.80. The van der Waals surface area contributed by atoms with Crippen molar-refractivity contribution in [2.75, 3.05) is 19.0 Å². The first-order valence-electron chi connectivity index (χ1n) is 11.8. The topological polar surface area (TPSA) is 84.3 Å². The van der Waals surface area contributed by atoms with Gasteiger partial charge in [-0.1, -0.05) is 29.8 Å². The van der Waals surface area contributed by atoms with Crippen LogP contribution < -0.4 is 15.4 Å². The molecule has 1 fully saturated rings. The van der Waals surface area contributed by atoms with Crippen LogP contribution in [0.3, 0.4) is 0 Å². The molecule has 0 saturated carbocycles. The van der Waals surface area contributed by atoms with Crippen LogP contribution in [0.25, 0.3) is 5.82 Å². The lowest BCUT2D eigenvalue weighted by Crippen LogP contribution is -2.33. The minimum atomic E-state index is -0.228. The number of hydrogen-bond donors (Lipinski definition) is 2. The van der Waals surface area contributed by atoms with Crippen LogP contribution in [0.5, 0.6) is 5.75 Å². The summed E-state index contributed by atoms with van der Waals surface area (Å²) in [6.07, 6.45) is 5.56. The van der Waals surface area contributed by atoms with Gasteiger partial charge in [-0.15, -0.1) is 0 Å². The molecule has 1 amide bonds. The van der Waals surface area contributed by atoms with Gasteiger partial charge >= 0.3 is 0 Å². The number of nitrogens with zero attached hydrogens (tertiary/aromatic N) is 4. The van der Waals surface area contributed by atoms with Crippen LogP contribution >= 0.6 is 23.8 Å². The number of aromatic nitrogens is 3. The van der Waals surface area contributed by atoms with Crippen molar-refractivity contribution in [3.05, 3.63) is 102 Å². The molecule has 1 aliphatic heterocycles. The van der Waals surface area contributed by atoms with Gasteiger partial charge in [0.25, 0.3) is 0 Å². The number of pyridine rings is 2. The van der Waals surface area contributed by atoms with E-state index in [0.717, 1.165) is 17.2 Å². The zero-order chi connectivity index (χ0) is 25.8. The first-order valence-corrected chi connectivity index (χ1v) is 12.5. The zero-order valence-electron chi connectivity index (χ0n) is 20.0. The number of halogens is 1. The lowest BCUT2D eigenvalue weighted by molar-refractivity contribution is -0.116. The molecule has 4 heterocycles. The second-order valence-electron chi connectivity index (χ2n) is 8.46. The van der Waals surface area contributed by atoms with E-state index in [1.165, 1.54) is 0 Å². The normalized spacial score (nSPS) is 16.9. The fraction of sp³-hybridized carbons (Fsp3) is 0.185. The third kappa shape index (κ3) is 5.28. The average Bonchev–Trinajstić information content (AvgIpc) is 3.53. The summed E-state index contributed by atoms with van der Waals surface area (Å²) >= 11 is 11.8. The van der Waals surface area contributed by atoms with E-state index in [0.29, 0.717) is 28.1 Å². The van der Waals surface area contributed by atoms with Crippen molar-refractivity contribution in [1.29, 1.82) is 0 Å². The minimum Gasteiger partial charge on any atom is -0.495 e. The van der Waals surface area contributed by atoms with Gasteiger partial charge in [0.1, 0.15) is 11.6 Å². The third-order valence-corrected chi connectivity index (χ3v) is 6.78. The number of carbonyl (C=O) groups excluding carboxylic acids is 1. The number of amides is 1. The number of benzene rings is 1. The molecule has 5 rings (SSSR count). The summed E-state index contributed by atoms with van der Waals surface area (Å²) in [6.45, 7) is 0.403. The van der Waals surface area contributed by atoms with Gasteiger partial charge in [0.05, 0.1) is 35.6 Å². The summed E-state index contributed by atoms with van der Waals surface area (Å²) in [4.78, 5) is 24.0. The number of carbonyl (C=O) groups is 1. The summed E-state index contributed by atoms with van der Waals surface area (Å²) < 4.78 is 7.36. The van der Waals surface area contributed by atoms with E-state index in [4.69, 9.17) is 28.6 Å². The van der Waals surface area contributed by atoms with Crippen LogP contribution in [0.4, 0.5) is 5.69 Å². The Morgan fingerprint density at radius 2 is 1.95 bits per heavy atom. The van der Waals surface area contributed by atoms with Gasteiger partial charge in [-0.25, -0.2) is 4.98 Å². The molecule has 37 heavy (non-hydrogen) atoms. The predicted molar refractivity (Wildman–Crippen MR) is 147 cm³/mol.